The zero-order valence-electron chi connectivity index (χ0n) is 15.1. The number of fused-ring (bicyclic) bond motifs is 1. The van der Waals surface area contributed by atoms with Gasteiger partial charge in [0, 0.05) is 45.1 Å². The third-order valence-electron chi connectivity index (χ3n) is 4.93. The van der Waals surface area contributed by atoms with E-state index in [0.29, 0.717) is 38.4 Å². The number of benzene rings is 1. The van der Waals surface area contributed by atoms with Crippen LogP contribution in [0.3, 0.4) is 0 Å². The van der Waals surface area contributed by atoms with Crippen LogP contribution in [0.15, 0.2) is 54.9 Å². The first kappa shape index (κ1) is 18.5. The van der Waals surface area contributed by atoms with Crippen molar-refractivity contribution in [3.63, 3.8) is 0 Å². The summed E-state index contributed by atoms with van der Waals surface area (Å²) in [5.41, 5.74) is 1.33. The second-order valence-corrected chi connectivity index (χ2v) is 6.86. The molecule has 1 amide bonds. The van der Waals surface area contributed by atoms with Gasteiger partial charge in [-0.3, -0.25) is 9.69 Å². The molecule has 1 aliphatic heterocycles. The van der Waals surface area contributed by atoms with Crippen molar-refractivity contribution in [2.45, 2.75) is 12.7 Å². The van der Waals surface area contributed by atoms with E-state index in [1.165, 1.54) is 12.1 Å². The number of carbonyl (C=O) groups is 1. The van der Waals surface area contributed by atoms with Crippen LogP contribution in [0.5, 0.6) is 0 Å². The predicted molar refractivity (Wildman–Crippen MR) is 97.8 cm³/mol. The summed E-state index contributed by atoms with van der Waals surface area (Å²) in [6, 6.07) is 10.8. The van der Waals surface area contributed by atoms with E-state index in [1.807, 2.05) is 28.8 Å². The van der Waals surface area contributed by atoms with Crippen LogP contribution in [0.25, 0.3) is 5.65 Å². The summed E-state index contributed by atoms with van der Waals surface area (Å²) in [7, 11) is 0. The number of rotatable bonds is 3. The van der Waals surface area contributed by atoms with Crippen molar-refractivity contribution in [2.75, 3.05) is 26.2 Å². The van der Waals surface area contributed by atoms with Gasteiger partial charge in [0.25, 0.3) is 5.91 Å². The summed E-state index contributed by atoms with van der Waals surface area (Å²) in [6.45, 7) is 3.02. The minimum atomic E-state index is -4.32. The first-order valence-electron chi connectivity index (χ1n) is 9.02. The second kappa shape index (κ2) is 7.27. The highest BCUT2D eigenvalue weighted by Gasteiger charge is 2.30. The van der Waals surface area contributed by atoms with Crippen molar-refractivity contribution in [1.82, 2.24) is 19.2 Å². The van der Waals surface area contributed by atoms with Crippen molar-refractivity contribution < 1.29 is 18.0 Å². The molecule has 5 nitrogen and oxygen atoms in total. The lowest BCUT2D eigenvalue weighted by molar-refractivity contribution is -0.137. The second-order valence-electron chi connectivity index (χ2n) is 6.86. The minimum absolute atomic E-state index is 0.0992. The average Bonchev–Trinajstić information content (AvgIpc) is 3.12. The number of hydrogen-bond donors (Lipinski definition) is 0. The monoisotopic (exact) mass is 388 g/mol. The molecular weight excluding hydrogens is 369 g/mol. The molecule has 1 saturated heterocycles. The average molecular weight is 388 g/mol. The van der Waals surface area contributed by atoms with Crippen LogP contribution in [0, 0.1) is 0 Å². The molecule has 0 saturated carbocycles. The fourth-order valence-corrected chi connectivity index (χ4v) is 3.37. The van der Waals surface area contributed by atoms with Crippen LogP contribution >= 0.6 is 0 Å². The smallest absolute Gasteiger partial charge is 0.335 e. The standard InChI is InChI=1S/C20H19F3N4O/c21-20(22,23)16-6-4-15(5-7-16)13-25-9-11-26(12-10-25)19(28)17-14-27-8-2-1-3-18(27)24-17/h1-8,14H,9-13H2. The Hall–Kier alpha value is -2.87. The van der Waals surface area contributed by atoms with Crippen LogP contribution in [-0.4, -0.2) is 51.3 Å². The van der Waals surface area contributed by atoms with Crippen LogP contribution in [0.4, 0.5) is 13.2 Å². The molecular formula is C20H19F3N4O. The normalized spacial score (nSPS) is 15.9. The number of alkyl halides is 3. The number of imidazole rings is 1. The maximum atomic E-state index is 12.7. The van der Waals surface area contributed by atoms with E-state index >= 15 is 0 Å². The lowest BCUT2D eigenvalue weighted by Gasteiger charge is -2.34. The van der Waals surface area contributed by atoms with Gasteiger partial charge in [-0.2, -0.15) is 13.2 Å². The van der Waals surface area contributed by atoms with Gasteiger partial charge in [-0.1, -0.05) is 18.2 Å². The van der Waals surface area contributed by atoms with Crippen LogP contribution in [0.2, 0.25) is 0 Å². The Kier molecular flexibility index (Phi) is 4.80. The topological polar surface area (TPSA) is 40.9 Å². The Balaban J connectivity index is 1.34. The van der Waals surface area contributed by atoms with E-state index in [-0.39, 0.29) is 5.91 Å². The van der Waals surface area contributed by atoms with Gasteiger partial charge in [0.1, 0.15) is 11.3 Å². The summed E-state index contributed by atoms with van der Waals surface area (Å²) in [4.78, 5) is 21.0. The summed E-state index contributed by atoms with van der Waals surface area (Å²) < 4.78 is 39.8. The fourth-order valence-electron chi connectivity index (χ4n) is 3.37. The van der Waals surface area contributed by atoms with Gasteiger partial charge in [0.2, 0.25) is 0 Å². The molecule has 1 aromatic carbocycles. The van der Waals surface area contributed by atoms with Gasteiger partial charge in [0.15, 0.2) is 0 Å². The maximum absolute atomic E-state index is 12.7. The van der Waals surface area contributed by atoms with Crippen molar-refractivity contribution in [3.8, 4) is 0 Å². The van der Waals surface area contributed by atoms with Crippen LogP contribution in [0.1, 0.15) is 21.6 Å². The molecule has 2 aromatic heterocycles. The molecule has 0 unspecified atom stereocenters. The molecule has 0 aliphatic carbocycles. The Morgan fingerprint density at radius 1 is 1.00 bits per heavy atom. The number of halogens is 3. The highest BCUT2D eigenvalue weighted by Crippen LogP contribution is 2.29. The van der Waals surface area contributed by atoms with E-state index < -0.39 is 11.7 Å². The SMILES string of the molecule is O=C(c1cn2ccccc2n1)N1CCN(Cc2ccc(C(F)(F)F)cc2)CC1. The zero-order chi connectivity index (χ0) is 19.7. The third-order valence-corrected chi connectivity index (χ3v) is 4.93. The van der Waals surface area contributed by atoms with Gasteiger partial charge in [-0.05, 0) is 29.8 Å². The summed E-state index contributed by atoms with van der Waals surface area (Å²) >= 11 is 0. The number of pyridine rings is 1. The molecule has 28 heavy (non-hydrogen) atoms. The van der Waals surface area contributed by atoms with Crippen molar-refractivity contribution in [3.05, 3.63) is 71.7 Å². The number of hydrogen-bond acceptors (Lipinski definition) is 3. The Morgan fingerprint density at radius 2 is 1.71 bits per heavy atom. The van der Waals surface area contributed by atoms with Crippen molar-refractivity contribution in [2.24, 2.45) is 0 Å². The van der Waals surface area contributed by atoms with Gasteiger partial charge >= 0.3 is 6.18 Å². The lowest BCUT2D eigenvalue weighted by atomic mass is 10.1. The Bertz CT molecular complexity index is 940. The van der Waals surface area contributed by atoms with Gasteiger partial charge in [0.05, 0.1) is 5.56 Å². The highest BCUT2D eigenvalue weighted by atomic mass is 19.4. The molecule has 146 valence electrons. The molecule has 0 radical (unpaired) electrons. The fraction of sp³-hybridized carbons (Fsp3) is 0.300. The van der Waals surface area contributed by atoms with E-state index in [9.17, 15) is 18.0 Å². The molecule has 8 heteroatoms. The quantitative estimate of drug-likeness (QED) is 0.691. The van der Waals surface area contributed by atoms with Crippen molar-refractivity contribution in [1.29, 1.82) is 0 Å². The molecule has 0 N–H and O–H groups in total. The highest BCUT2D eigenvalue weighted by molar-refractivity contribution is 5.93. The molecule has 4 rings (SSSR count). The minimum Gasteiger partial charge on any atom is -0.335 e. The molecule has 0 atom stereocenters. The molecule has 3 heterocycles. The van der Waals surface area contributed by atoms with E-state index in [0.717, 1.165) is 23.3 Å². The third kappa shape index (κ3) is 3.87. The van der Waals surface area contributed by atoms with E-state index in [2.05, 4.69) is 9.88 Å². The summed E-state index contributed by atoms with van der Waals surface area (Å²) in [6.07, 6.45) is -0.740. The number of carbonyl (C=O) groups excluding carboxylic acids is 1. The van der Waals surface area contributed by atoms with Crippen LogP contribution < -0.4 is 0 Å². The van der Waals surface area contributed by atoms with Gasteiger partial charge in [-0.25, -0.2) is 4.98 Å². The van der Waals surface area contributed by atoms with Crippen LogP contribution in [-0.2, 0) is 12.7 Å². The molecule has 3 aromatic rings. The summed E-state index contributed by atoms with van der Waals surface area (Å²) in [5.74, 6) is -0.0992. The first-order chi connectivity index (χ1) is 13.4. The summed E-state index contributed by atoms with van der Waals surface area (Å²) in [5, 5.41) is 0. The Morgan fingerprint density at radius 3 is 2.36 bits per heavy atom. The molecule has 1 aliphatic rings. The predicted octanol–water partition coefficient (Wildman–Crippen LogP) is 3.31. The number of nitrogens with zero attached hydrogens (tertiary/aromatic N) is 4. The first-order valence-corrected chi connectivity index (χ1v) is 9.02. The molecule has 0 spiro atoms. The lowest BCUT2D eigenvalue weighted by Crippen LogP contribution is -2.48. The molecule has 1 fully saturated rings. The van der Waals surface area contributed by atoms with E-state index in [4.69, 9.17) is 0 Å². The maximum Gasteiger partial charge on any atom is 0.416 e. The number of aromatic nitrogens is 2. The zero-order valence-corrected chi connectivity index (χ0v) is 15.1. The van der Waals surface area contributed by atoms with Crippen molar-refractivity contribution >= 4 is 11.6 Å². The largest absolute Gasteiger partial charge is 0.416 e. The van der Waals surface area contributed by atoms with E-state index in [1.54, 1.807) is 11.1 Å². The molecule has 0 bridgehead atoms. The number of amides is 1. The van der Waals surface area contributed by atoms with Gasteiger partial charge in [-0.15, -0.1) is 0 Å². The Labute approximate surface area is 160 Å². The number of piperazine rings is 1. The van der Waals surface area contributed by atoms with Gasteiger partial charge < -0.3 is 9.30 Å².